The normalized spacial score (nSPS) is 13.7. The molecule has 0 aliphatic rings. The average Bonchev–Trinajstić information content (AvgIpc) is 3.38. The van der Waals surface area contributed by atoms with Gasteiger partial charge in [0.2, 0.25) is 17.7 Å². The molecule has 1 rings (SSSR count). The summed E-state index contributed by atoms with van der Waals surface area (Å²) in [7, 11) is 0. The molecule has 0 bridgehead atoms. The molecule has 17 nitrogen and oxygen atoms in total. The number of nitrogens with one attached hydrogen (secondary N) is 4. The highest BCUT2D eigenvalue weighted by molar-refractivity contribution is 7.80. The number of rotatable bonds is 18. The number of hydrogen-bond acceptors (Lipinski definition) is 9. The Morgan fingerprint density at radius 2 is 1.38 bits per heavy atom. The van der Waals surface area contributed by atoms with Gasteiger partial charge in [-0.2, -0.15) is 12.6 Å². The first-order valence-corrected chi connectivity index (χ1v) is 12.7. The summed E-state index contributed by atoms with van der Waals surface area (Å²) in [5, 5.41) is 16.8. The van der Waals surface area contributed by atoms with E-state index >= 15 is 0 Å². The summed E-state index contributed by atoms with van der Waals surface area (Å²) >= 11 is 3.94. The van der Waals surface area contributed by atoms with Crippen LogP contribution in [0.1, 0.15) is 31.4 Å². The Hall–Kier alpha value is -4.06. The van der Waals surface area contributed by atoms with Crippen LogP contribution in [0.25, 0.3) is 0 Å². The number of hydrogen-bond donors (Lipinski definition) is 11. The summed E-state index contributed by atoms with van der Waals surface area (Å²) < 4.78 is 0. The van der Waals surface area contributed by atoms with E-state index in [1.807, 2.05) is 0 Å². The third-order valence-corrected chi connectivity index (χ3v) is 5.65. The fourth-order valence-electron chi connectivity index (χ4n) is 3.28. The SMILES string of the molecule is NC(N)=NCCCC(NC(=O)C(N)Cc1cnc[nH]1)C(=O)NC(CCCN=C(N)N)C(=O)NC(CS)C(=O)O. The van der Waals surface area contributed by atoms with Gasteiger partial charge in [0.05, 0.1) is 12.4 Å². The zero-order chi connectivity index (χ0) is 29.4. The molecule has 15 N–H and O–H groups in total. The van der Waals surface area contributed by atoms with Crippen LogP contribution in [0.3, 0.4) is 0 Å². The number of carbonyl (C=O) groups excluding carboxylic acids is 3. The van der Waals surface area contributed by atoms with Crippen LogP contribution in [-0.2, 0) is 25.6 Å². The molecule has 0 saturated heterocycles. The molecule has 39 heavy (non-hydrogen) atoms. The predicted octanol–water partition coefficient (Wildman–Crippen LogP) is -4.14. The van der Waals surface area contributed by atoms with Crippen molar-refractivity contribution < 1.29 is 24.3 Å². The number of carboxylic acids is 1. The number of nitrogens with two attached hydrogens (primary N) is 5. The van der Waals surface area contributed by atoms with Crippen LogP contribution in [0, 0.1) is 0 Å². The van der Waals surface area contributed by atoms with E-state index in [4.69, 9.17) is 28.7 Å². The quantitative estimate of drug-likeness (QED) is 0.0348. The molecule has 0 aliphatic carbocycles. The van der Waals surface area contributed by atoms with Gasteiger partial charge in [-0.3, -0.25) is 24.4 Å². The van der Waals surface area contributed by atoms with E-state index in [1.54, 1.807) is 0 Å². The molecule has 1 aromatic heterocycles. The number of amides is 3. The van der Waals surface area contributed by atoms with E-state index in [2.05, 4.69) is 48.5 Å². The summed E-state index contributed by atoms with van der Waals surface area (Å²) in [4.78, 5) is 64.7. The highest BCUT2D eigenvalue weighted by atomic mass is 32.1. The molecular weight excluding hydrogens is 532 g/mol. The van der Waals surface area contributed by atoms with Crippen LogP contribution in [-0.4, -0.2) is 93.7 Å². The van der Waals surface area contributed by atoms with E-state index in [1.165, 1.54) is 12.5 Å². The second-order valence-corrected chi connectivity index (χ2v) is 8.85. The number of thiol groups is 1. The summed E-state index contributed by atoms with van der Waals surface area (Å²) in [6.07, 6.45) is 3.89. The standard InChI is InChI=1S/C21H38N12O5S/c22-12(7-11-8-27-10-30-11)16(34)31-13(3-1-5-28-20(23)24)17(35)32-14(4-2-6-29-21(25)26)18(36)33-15(9-39)19(37)38/h8,10,12-15,39H,1-7,9,22H2,(H,27,30)(H,31,34)(H,32,35)(H,33,36)(H,37,38)(H4,23,24,28)(H4,25,26,29). The number of aliphatic carboxylic acids is 1. The Bertz CT molecular complexity index is 995. The number of nitrogens with zero attached hydrogens (tertiary/aromatic N) is 3. The van der Waals surface area contributed by atoms with Gasteiger partial charge in [0.1, 0.15) is 18.1 Å². The lowest BCUT2D eigenvalue weighted by molar-refractivity contribution is -0.141. The van der Waals surface area contributed by atoms with Crippen LogP contribution < -0.4 is 44.6 Å². The monoisotopic (exact) mass is 570 g/mol. The minimum absolute atomic E-state index is 0.0707. The first-order chi connectivity index (χ1) is 18.4. The van der Waals surface area contributed by atoms with Crippen LogP contribution in [0.15, 0.2) is 22.5 Å². The first-order valence-electron chi connectivity index (χ1n) is 12.0. The third-order valence-electron chi connectivity index (χ3n) is 5.29. The van der Waals surface area contributed by atoms with E-state index in [9.17, 15) is 24.3 Å². The van der Waals surface area contributed by atoms with Gasteiger partial charge in [0, 0.05) is 37.2 Å². The van der Waals surface area contributed by atoms with Crippen LogP contribution in [0.2, 0.25) is 0 Å². The van der Waals surface area contributed by atoms with Crippen molar-refractivity contribution in [3.8, 4) is 0 Å². The number of aliphatic imine (C=N–C) groups is 2. The van der Waals surface area contributed by atoms with Crippen molar-refractivity contribution in [2.45, 2.75) is 56.3 Å². The van der Waals surface area contributed by atoms with Crippen molar-refractivity contribution in [2.24, 2.45) is 38.7 Å². The Balaban J connectivity index is 3.02. The average molecular weight is 571 g/mol. The molecule has 0 saturated carbocycles. The molecule has 18 heteroatoms. The lowest BCUT2D eigenvalue weighted by Gasteiger charge is -2.25. The molecule has 218 valence electrons. The molecular formula is C21H38N12O5S. The van der Waals surface area contributed by atoms with Gasteiger partial charge < -0.3 is 54.7 Å². The second kappa shape index (κ2) is 17.4. The zero-order valence-electron chi connectivity index (χ0n) is 21.4. The maximum atomic E-state index is 13.2. The number of carbonyl (C=O) groups is 4. The van der Waals surface area contributed by atoms with Crippen molar-refractivity contribution in [1.29, 1.82) is 0 Å². The second-order valence-electron chi connectivity index (χ2n) is 8.49. The Labute approximate surface area is 230 Å². The maximum Gasteiger partial charge on any atom is 0.327 e. The predicted molar refractivity (Wildman–Crippen MR) is 147 cm³/mol. The van der Waals surface area contributed by atoms with Gasteiger partial charge in [-0.1, -0.05) is 0 Å². The van der Waals surface area contributed by atoms with Crippen molar-refractivity contribution in [3.63, 3.8) is 0 Å². The van der Waals surface area contributed by atoms with Gasteiger partial charge in [-0.25, -0.2) is 9.78 Å². The highest BCUT2D eigenvalue weighted by Gasteiger charge is 2.30. The Kier molecular flexibility index (Phi) is 14.8. The summed E-state index contributed by atoms with van der Waals surface area (Å²) in [5.41, 5.74) is 27.9. The van der Waals surface area contributed by atoms with E-state index in [0.717, 1.165) is 0 Å². The fraction of sp³-hybridized carbons (Fsp3) is 0.571. The van der Waals surface area contributed by atoms with E-state index in [0.29, 0.717) is 12.1 Å². The molecule has 4 unspecified atom stereocenters. The van der Waals surface area contributed by atoms with Crippen molar-refractivity contribution in [3.05, 3.63) is 18.2 Å². The maximum absolute atomic E-state index is 13.2. The summed E-state index contributed by atoms with van der Waals surface area (Å²) in [6.45, 7) is 0.352. The van der Waals surface area contributed by atoms with Crippen LogP contribution in [0.4, 0.5) is 0 Å². The molecule has 0 spiro atoms. The molecule has 1 heterocycles. The Morgan fingerprint density at radius 3 is 1.79 bits per heavy atom. The lowest BCUT2D eigenvalue weighted by Crippen LogP contribution is -2.57. The Morgan fingerprint density at radius 1 is 0.897 bits per heavy atom. The van der Waals surface area contributed by atoms with Crippen LogP contribution in [0.5, 0.6) is 0 Å². The number of carboxylic acid groups (broad SMARTS) is 1. The van der Waals surface area contributed by atoms with Gasteiger partial charge >= 0.3 is 5.97 Å². The molecule has 0 fully saturated rings. The zero-order valence-corrected chi connectivity index (χ0v) is 22.3. The molecule has 3 amide bonds. The van der Waals surface area contributed by atoms with Crippen molar-refractivity contribution >= 4 is 48.2 Å². The van der Waals surface area contributed by atoms with Crippen molar-refractivity contribution in [1.82, 2.24) is 25.9 Å². The van der Waals surface area contributed by atoms with E-state index in [-0.39, 0.29) is 56.4 Å². The molecule has 1 aromatic rings. The highest BCUT2D eigenvalue weighted by Crippen LogP contribution is 2.06. The largest absolute Gasteiger partial charge is 0.480 e. The molecule has 4 atom stereocenters. The minimum atomic E-state index is -1.29. The van der Waals surface area contributed by atoms with Gasteiger partial charge in [-0.05, 0) is 25.7 Å². The number of aromatic nitrogens is 2. The fourth-order valence-corrected chi connectivity index (χ4v) is 3.53. The van der Waals surface area contributed by atoms with Gasteiger partial charge in [0.15, 0.2) is 11.9 Å². The lowest BCUT2D eigenvalue weighted by atomic mass is 10.1. The number of H-pyrrole nitrogens is 1. The topological polar surface area (TPSA) is 308 Å². The molecule has 0 aliphatic heterocycles. The number of guanidine groups is 2. The third kappa shape index (κ3) is 13.3. The van der Waals surface area contributed by atoms with Crippen LogP contribution >= 0.6 is 12.6 Å². The summed E-state index contributed by atoms with van der Waals surface area (Å²) in [5.74, 6) is -3.79. The smallest absolute Gasteiger partial charge is 0.327 e. The number of imidazole rings is 1. The minimum Gasteiger partial charge on any atom is -0.480 e. The molecule has 0 aromatic carbocycles. The van der Waals surface area contributed by atoms with Gasteiger partial charge in [-0.15, -0.1) is 0 Å². The summed E-state index contributed by atoms with van der Waals surface area (Å²) in [6, 6.07) is -4.55. The number of aromatic amines is 1. The first kappa shape index (κ1) is 33.0. The molecule has 0 radical (unpaired) electrons. The van der Waals surface area contributed by atoms with E-state index < -0.39 is 47.9 Å². The van der Waals surface area contributed by atoms with Crippen molar-refractivity contribution in [2.75, 3.05) is 18.8 Å². The van der Waals surface area contributed by atoms with Gasteiger partial charge in [0.25, 0.3) is 0 Å².